The highest BCUT2D eigenvalue weighted by atomic mass is 16.5. The lowest BCUT2D eigenvalue weighted by Crippen LogP contribution is -2.32. The summed E-state index contributed by atoms with van der Waals surface area (Å²) in [5.74, 6) is 2.86. The van der Waals surface area contributed by atoms with Crippen LogP contribution in [-0.4, -0.2) is 32.3 Å². The first kappa shape index (κ1) is 19.3. The van der Waals surface area contributed by atoms with Gasteiger partial charge in [0.05, 0.1) is 12.2 Å². The van der Waals surface area contributed by atoms with Crippen molar-refractivity contribution in [3.63, 3.8) is 0 Å². The lowest BCUT2D eigenvalue weighted by molar-refractivity contribution is -0.00449. The van der Waals surface area contributed by atoms with Gasteiger partial charge in [0.1, 0.15) is 5.82 Å². The fraction of sp³-hybridized carbons (Fsp3) is 0.609. The molecule has 4 rings (SSSR count). The SMILES string of the molecule is CCC1(O)CCC(c2cnc(C)nc2OCC2C[C@H]2c2ccc(C)cn2)CC1. The summed E-state index contributed by atoms with van der Waals surface area (Å²) in [6.45, 7) is 6.72. The second kappa shape index (κ2) is 7.78. The number of aromatic nitrogens is 3. The largest absolute Gasteiger partial charge is 0.477 e. The highest BCUT2D eigenvalue weighted by Gasteiger charge is 2.40. The predicted octanol–water partition coefficient (Wildman–Crippen LogP) is 4.47. The van der Waals surface area contributed by atoms with Gasteiger partial charge in [0, 0.05) is 35.5 Å². The first-order valence-corrected chi connectivity index (χ1v) is 10.6. The van der Waals surface area contributed by atoms with Crippen LogP contribution in [0.5, 0.6) is 5.88 Å². The van der Waals surface area contributed by atoms with Crippen LogP contribution < -0.4 is 4.74 Å². The molecule has 150 valence electrons. The average molecular weight is 382 g/mol. The van der Waals surface area contributed by atoms with E-state index in [0.29, 0.717) is 24.4 Å². The van der Waals surface area contributed by atoms with Crippen molar-refractivity contribution < 1.29 is 9.84 Å². The Morgan fingerprint density at radius 3 is 2.61 bits per heavy atom. The summed E-state index contributed by atoms with van der Waals surface area (Å²) in [4.78, 5) is 13.6. The molecule has 2 aliphatic carbocycles. The summed E-state index contributed by atoms with van der Waals surface area (Å²) in [6, 6.07) is 4.27. The highest BCUT2D eigenvalue weighted by molar-refractivity contribution is 5.29. The smallest absolute Gasteiger partial charge is 0.220 e. The molecule has 2 atom stereocenters. The van der Waals surface area contributed by atoms with E-state index in [1.165, 1.54) is 11.3 Å². The molecule has 2 fully saturated rings. The van der Waals surface area contributed by atoms with Gasteiger partial charge in [-0.25, -0.2) is 4.98 Å². The van der Waals surface area contributed by atoms with Gasteiger partial charge in [-0.05, 0) is 69.9 Å². The van der Waals surface area contributed by atoms with Gasteiger partial charge in [-0.1, -0.05) is 13.0 Å². The molecule has 2 aromatic heterocycles. The number of rotatable bonds is 6. The van der Waals surface area contributed by atoms with Crippen molar-refractivity contribution in [1.82, 2.24) is 15.0 Å². The molecule has 0 saturated heterocycles. The molecule has 0 aromatic carbocycles. The Balaban J connectivity index is 1.40. The van der Waals surface area contributed by atoms with Crippen LogP contribution in [0.1, 0.15) is 79.9 Å². The molecule has 0 amide bonds. The Kier molecular flexibility index (Phi) is 5.37. The van der Waals surface area contributed by atoms with Crippen LogP contribution in [0.4, 0.5) is 0 Å². The molecule has 28 heavy (non-hydrogen) atoms. The van der Waals surface area contributed by atoms with Crippen LogP contribution in [0.3, 0.4) is 0 Å². The molecule has 0 spiro atoms. The van der Waals surface area contributed by atoms with Gasteiger partial charge in [0.25, 0.3) is 0 Å². The third-order valence-corrected chi connectivity index (χ3v) is 6.59. The standard InChI is InChI=1S/C23H31N3O2/c1-4-23(27)9-7-17(8-10-23)20-13-24-16(3)26-22(20)28-14-18-11-19(18)21-6-5-15(2)12-25-21/h5-6,12-13,17-19,27H,4,7-11,14H2,1-3H3/t17?,18?,19-,23?/m1/s1. The van der Waals surface area contributed by atoms with Gasteiger partial charge in [-0.15, -0.1) is 0 Å². The summed E-state index contributed by atoms with van der Waals surface area (Å²) < 4.78 is 6.21. The lowest BCUT2D eigenvalue weighted by atomic mass is 9.75. The van der Waals surface area contributed by atoms with Crippen molar-refractivity contribution in [1.29, 1.82) is 0 Å². The molecular weight excluding hydrogens is 350 g/mol. The van der Waals surface area contributed by atoms with Gasteiger partial charge < -0.3 is 9.84 Å². The van der Waals surface area contributed by atoms with Crippen LogP contribution in [0.2, 0.25) is 0 Å². The molecular formula is C23H31N3O2. The number of nitrogens with zero attached hydrogens (tertiary/aromatic N) is 3. The first-order chi connectivity index (χ1) is 13.5. The minimum atomic E-state index is -0.495. The average Bonchev–Trinajstić information content (AvgIpc) is 3.48. The molecule has 5 nitrogen and oxygen atoms in total. The maximum absolute atomic E-state index is 10.5. The van der Waals surface area contributed by atoms with Crippen molar-refractivity contribution in [3.8, 4) is 5.88 Å². The van der Waals surface area contributed by atoms with Crippen molar-refractivity contribution >= 4 is 0 Å². The Labute approximate surface area is 167 Å². The summed E-state index contributed by atoms with van der Waals surface area (Å²) in [5, 5.41) is 10.5. The van der Waals surface area contributed by atoms with Gasteiger partial charge in [-0.3, -0.25) is 4.98 Å². The monoisotopic (exact) mass is 381 g/mol. The molecule has 5 heteroatoms. The van der Waals surface area contributed by atoms with Crippen LogP contribution in [0.25, 0.3) is 0 Å². The number of hydrogen-bond donors (Lipinski definition) is 1. The van der Waals surface area contributed by atoms with Crippen LogP contribution >= 0.6 is 0 Å². The zero-order valence-electron chi connectivity index (χ0n) is 17.2. The number of aliphatic hydroxyl groups is 1. The predicted molar refractivity (Wildman–Crippen MR) is 109 cm³/mol. The Morgan fingerprint density at radius 1 is 1.14 bits per heavy atom. The Morgan fingerprint density at radius 2 is 1.93 bits per heavy atom. The van der Waals surface area contributed by atoms with Crippen molar-refractivity contribution in [3.05, 3.63) is 47.2 Å². The molecule has 0 radical (unpaired) electrons. The second-order valence-electron chi connectivity index (χ2n) is 8.70. The van der Waals surface area contributed by atoms with E-state index in [-0.39, 0.29) is 0 Å². The fourth-order valence-corrected chi connectivity index (χ4v) is 4.35. The van der Waals surface area contributed by atoms with Gasteiger partial charge >= 0.3 is 0 Å². The van der Waals surface area contributed by atoms with Gasteiger partial charge in [-0.2, -0.15) is 4.98 Å². The topological polar surface area (TPSA) is 68.1 Å². The molecule has 1 unspecified atom stereocenters. The molecule has 2 aliphatic rings. The van der Waals surface area contributed by atoms with Crippen molar-refractivity contribution in [2.45, 2.75) is 76.7 Å². The minimum Gasteiger partial charge on any atom is -0.477 e. The Bertz CT molecular complexity index is 813. The van der Waals surface area contributed by atoms with E-state index in [2.05, 4.69) is 40.9 Å². The number of hydrogen-bond acceptors (Lipinski definition) is 5. The maximum atomic E-state index is 10.5. The van der Waals surface area contributed by atoms with Gasteiger partial charge in [0.2, 0.25) is 5.88 Å². The summed E-state index contributed by atoms with van der Waals surface area (Å²) in [5.41, 5.74) is 2.98. The highest BCUT2D eigenvalue weighted by Crippen LogP contribution is 2.47. The van der Waals surface area contributed by atoms with Crippen LogP contribution in [-0.2, 0) is 0 Å². The molecule has 2 aromatic rings. The normalized spacial score (nSPS) is 29.5. The molecule has 2 saturated carbocycles. The quantitative estimate of drug-likeness (QED) is 0.799. The van der Waals surface area contributed by atoms with Crippen molar-refractivity contribution in [2.75, 3.05) is 6.61 Å². The fourth-order valence-electron chi connectivity index (χ4n) is 4.35. The zero-order chi connectivity index (χ0) is 19.7. The maximum Gasteiger partial charge on any atom is 0.220 e. The van der Waals surface area contributed by atoms with E-state index >= 15 is 0 Å². The van der Waals surface area contributed by atoms with Gasteiger partial charge in [0.15, 0.2) is 0 Å². The first-order valence-electron chi connectivity index (χ1n) is 10.6. The lowest BCUT2D eigenvalue weighted by Gasteiger charge is -2.35. The van der Waals surface area contributed by atoms with Crippen molar-refractivity contribution in [2.24, 2.45) is 5.92 Å². The summed E-state index contributed by atoms with van der Waals surface area (Å²) in [7, 11) is 0. The Hall–Kier alpha value is -2.01. The third kappa shape index (κ3) is 4.19. The number of pyridine rings is 1. The van der Waals surface area contributed by atoms with Crippen LogP contribution in [0, 0.1) is 19.8 Å². The summed E-state index contributed by atoms with van der Waals surface area (Å²) >= 11 is 0. The zero-order valence-corrected chi connectivity index (χ0v) is 17.2. The van der Waals surface area contributed by atoms with E-state index in [0.717, 1.165) is 55.8 Å². The number of ether oxygens (including phenoxy) is 1. The molecule has 0 bridgehead atoms. The molecule has 0 aliphatic heterocycles. The minimum absolute atomic E-state index is 0.371. The number of aryl methyl sites for hydroxylation is 2. The second-order valence-corrected chi connectivity index (χ2v) is 8.70. The summed E-state index contributed by atoms with van der Waals surface area (Å²) in [6.07, 6.45) is 9.43. The van der Waals surface area contributed by atoms with Crippen LogP contribution in [0.15, 0.2) is 24.5 Å². The van der Waals surface area contributed by atoms with E-state index in [4.69, 9.17) is 4.74 Å². The van der Waals surface area contributed by atoms with E-state index in [1.54, 1.807) is 0 Å². The third-order valence-electron chi connectivity index (χ3n) is 6.59. The molecule has 1 N–H and O–H groups in total. The molecule has 2 heterocycles. The van der Waals surface area contributed by atoms with E-state index < -0.39 is 5.60 Å². The van der Waals surface area contributed by atoms with E-state index in [1.807, 2.05) is 19.3 Å². The van der Waals surface area contributed by atoms with E-state index in [9.17, 15) is 5.11 Å².